The average molecular weight is 279 g/mol. The molecule has 0 saturated heterocycles. The first kappa shape index (κ1) is 15.7. The van der Waals surface area contributed by atoms with E-state index in [2.05, 4.69) is 37.9 Å². The lowest BCUT2D eigenvalue weighted by molar-refractivity contribution is 0.0910. The topological polar surface area (TPSA) is 49.3 Å². The van der Waals surface area contributed by atoms with E-state index >= 15 is 0 Å². The van der Waals surface area contributed by atoms with Crippen molar-refractivity contribution >= 4 is 17.2 Å². The lowest BCUT2D eigenvalue weighted by atomic mass is 9.88. The Kier molecular flexibility index (Phi) is 5.59. The lowest BCUT2D eigenvalue weighted by Crippen LogP contribution is -2.41. The largest absolute Gasteiger partial charge is 0.395 e. The number of carbonyl (C=O) groups is 1. The van der Waals surface area contributed by atoms with Gasteiger partial charge >= 0.3 is 0 Å². The Bertz CT molecular complexity index is 488. The van der Waals surface area contributed by atoms with Crippen molar-refractivity contribution in [2.45, 2.75) is 40.2 Å². The first-order chi connectivity index (χ1) is 8.84. The number of rotatable bonds is 3. The van der Waals surface area contributed by atoms with Gasteiger partial charge in [-0.15, -0.1) is 11.3 Å². The number of carbonyl (C=O) groups excluding carboxylic acids is 1. The van der Waals surface area contributed by atoms with E-state index < -0.39 is 0 Å². The van der Waals surface area contributed by atoms with Gasteiger partial charge in [-0.25, -0.2) is 0 Å². The standard InChI is InChI=1S/C15H21NO2S/c1-11(15(2,3)4)16-14(18)12-9-13(19-10-12)7-5-6-8-17/h9-11,17H,6,8H2,1-4H3,(H,16,18). The van der Waals surface area contributed by atoms with Crippen molar-refractivity contribution < 1.29 is 9.90 Å². The molecule has 0 spiro atoms. The number of hydrogen-bond acceptors (Lipinski definition) is 3. The first-order valence-electron chi connectivity index (χ1n) is 6.33. The summed E-state index contributed by atoms with van der Waals surface area (Å²) in [5.41, 5.74) is 0.685. The van der Waals surface area contributed by atoms with Crippen LogP contribution in [0.5, 0.6) is 0 Å². The maximum Gasteiger partial charge on any atom is 0.252 e. The molecule has 19 heavy (non-hydrogen) atoms. The third kappa shape index (κ3) is 5.06. The molecule has 1 aromatic rings. The number of thiophene rings is 1. The molecule has 0 aromatic carbocycles. The van der Waals surface area contributed by atoms with E-state index in [1.54, 1.807) is 6.07 Å². The second-order valence-electron chi connectivity index (χ2n) is 5.54. The van der Waals surface area contributed by atoms with E-state index in [0.717, 1.165) is 4.88 Å². The minimum atomic E-state index is -0.0612. The van der Waals surface area contributed by atoms with Crippen LogP contribution < -0.4 is 5.32 Å². The van der Waals surface area contributed by atoms with Gasteiger partial charge in [-0.2, -0.15) is 0 Å². The summed E-state index contributed by atoms with van der Waals surface area (Å²) < 4.78 is 0. The Balaban J connectivity index is 2.67. The summed E-state index contributed by atoms with van der Waals surface area (Å²) in [4.78, 5) is 12.9. The Morgan fingerprint density at radius 2 is 2.21 bits per heavy atom. The van der Waals surface area contributed by atoms with Crippen LogP contribution in [0.3, 0.4) is 0 Å². The molecule has 0 fully saturated rings. The third-order valence-corrected chi connectivity index (χ3v) is 3.80. The zero-order chi connectivity index (χ0) is 14.5. The molecule has 1 amide bonds. The van der Waals surface area contributed by atoms with Crippen LogP contribution in [-0.2, 0) is 0 Å². The van der Waals surface area contributed by atoms with Crippen LogP contribution in [0.15, 0.2) is 11.4 Å². The van der Waals surface area contributed by atoms with Gasteiger partial charge in [-0.3, -0.25) is 4.79 Å². The van der Waals surface area contributed by atoms with Crippen molar-refractivity contribution in [3.8, 4) is 11.8 Å². The minimum Gasteiger partial charge on any atom is -0.395 e. The molecule has 1 atom stereocenters. The summed E-state index contributed by atoms with van der Waals surface area (Å²) in [6.07, 6.45) is 0.459. The maximum atomic E-state index is 12.1. The fourth-order valence-electron chi connectivity index (χ4n) is 1.22. The van der Waals surface area contributed by atoms with Crippen LogP contribution >= 0.6 is 11.3 Å². The number of aliphatic hydroxyl groups excluding tert-OH is 1. The van der Waals surface area contributed by atoms with Gasteiger partial charge in [0.15, 0.2) is 0 Å². The highest BCUT2D eigenvalue weighted by Crippen LogP contribution is 2.20. The smallest absolute Gasteiger partial charge is 0.252 e. The van der Waals surface area contributed by atoms with Gasteiger partial charge in [0, 0.05) is 17.8 Å². The molecule has 0 aliphatic carbocycles. The van der Waals surface area contributed by atoms with Crippen LogP contribution in [0, 0.1) is 17.3 Å². The van der Waals surface area contributed by atoms with Gasteiger partial charge in [0.25, 0.3) is 5.91 Å². The second-order valence-corrected chi connectivity index (χ2v) is 6.45. The second kappa shape index (κ2) is 6.74. The summed E-state index contributed by atoms with van der Waals surface area (Å²) in [7, 11) is 0. The number of aliphatic hydroxyl groups is 1. The molecule has 3 nitrogen and oxygen atoms in total. The van der Waals surface area contributed by atoms with Gasteiger partial charge in [-0.1, -0.05) is 32.6 Å². The van der Waals surface area contributed by atoms with E-state index in [1.807, 2.05) is 12.3 Å². The fraction of sp³-hybridized carbons (Fsp3) is 0.533. The molecule has 1 aromatic heterocycles. The van der Waals surface area contributed by atoms with Gasteiger partial charge in [-0.05, 0) is 18.4 Å². The summed E-state index contributed by atoms with van der Waals surface area (Å²) in [6, 6.07) is 1.89. The third-order valence-electron chi connectivity index (χ3n) is 2.96. The molecule has 1 unspecified atom stereocenters. The molecule has 0 aliphatic rings. The van der Waals surface area contributed by atoms with Crippen molar-refractivity contribution in [1.29, 1.82) is 0 Å². The molecule has 4 heteroatoms. The molecule has 104 valence electrons. The fourth-order valence-corrected chi connectivity index (χ4v) is 1.98. The summed E-state index contributed by atoms with van der Waals surface area (Å²) in [5, 5.41) is 13.5. The van der Waals surface area contributed by atoms with Crippen LogP contribution in [0.1, 0.15) is 49.4 Å². The van der Waals surface area contributed by atoms with Gasteiger partial charge in [0.1, 0.15) is 0 Å². The monoisotopic (exact) mass is 279 g/mol. The van der Waals surface area contributed by atoms with Crippen molar-refractivity contribution in [1.82, 2.24) is 5.32 Å². The van der Waals surface area contributed by atoms with E-state index in [1.165, 1.54) is 11.3 Å². The Hall–Kier alpha value is -1.31. The molecule has 0 aliphatic heterocycles. The quantitative estimate of drug-likeness (QED) is 0.836. The molecule has 1 heterocycles. The van der Waals surface area contributed by atoms with E-state index in [-0.39, 0.29) is 24.0 Å². The van der Waals surface area contributed by atoms with Crippen molar-refractivity contribution in [2.75, 3.05) is 6.61 Å². The SMILES string of the molecule is CC(NC(=O)c1csc(C#CCCO)c1)C(C)(C)C. The molecule has 1 rings (SSSR count). The summed E-state index contributed by atoms with van der Waals surface area (Å²) in [6.45, 7) is 8.35. The molecular formula is C15H21NO2S. The number of amides is 1. The Labute approximate surface area is 119 Å². The van der Waals surface area contributed by atoms with Gasteiger partial charge in [0.2, 0.25) is 0 Å². The minimum absolute atomic E-state index is 0.0371. The van der Waals surface area contributed by atoms with Crippen molar-refractivity contribution in [3.63, 3.8) is 0 Å². The lowest BCUT2D eigenvalue weighted by Gasteiger charge is -2.27. The average Bonchev–Trinajstić information content (AvgIpc) is 2.77. The number of hydrogen-bond donors (Lipinski definition) is 2. The number of nitrogens with one attached hydrogen (secondary N) is 1. The highest BCUT2D eigenvalue weighted by molar-refractivity contribution is 7.10. The van der Waals surface area contributed by atoms with E-state index in [9.17, 15) is 4.79 Å². The summed E-state index contributed by atoms with van der Waals surface area (Å²) in [5.74, 6) is 5.72. The highest BCUT2D eigenvalue weighted by atomic mass is 32.1. The zero-order valence-corrected chi connectivity index (χ0v) is 12.7. The molecule has 0 saturated carbocycles. The Morgan fingerprint density at radius 3 is 2.79 bits per heavy atom. The van der Waals surface area contributed by atoms with Gasteiger partial charge in [0.05, 0.1) is 17.0 Å². The van der Waals surface area contributed by atoms with E-state index in [0.29, 0.717) is 12.0 Å². The van der Waals surface area contributed by atoms with Crippen LogP contribution in [-0.4, -0.2) is 23.7 Å². The van der Waals surface area contributed by atoms with Crippen molar-refractivity contribution in [3.05, 3.63) is 21.9 Å². The Morgan fingerprint density at radius 1 is 1.53 bits per heavy atom. The predicted octanol–water partition coefficient (Wildman–Crippen LogP) is 2.65. The summed E-state index contributed by atoms with van der Waals surface area (Å²) >= 11 is 1.45. The maximum absolute atomic E-state index is 12.1. The van der Waals surface area contributed by atoms with Gasteiger partial charge < -0.3 is 10.4 Å². The molecule has 0 radical (unpaired) electrons. The van der Waals surface area contributed by atoms with Crippen LogP contribution in [0.2, 0.25) is 0 Å². The van der Waals surface area contributed by atoms with Crippen LogP contribution in [0.4, 0.5) is 0 Å². The predicted molar refractivity (Wildman–Crippen MR) is 79.3 cm³/mol. The van der Waals surface area contributed by atoms with Crippen LogP contribution in [0.25, 0.3) is 0 Å². The van der Waals surface area contributed by atoms with Crippen molar-refractivity contribution in [2.24, 2.45) is 5.41 Å². The highest BCUT2D eigenvalue weighted by Gasteiger charge is 2.22. The first-order valence-corrected chi connectivity index (χ1v) is 7.21. The molecular weight excluding hydrogens is 258 g/mol. The normalized spacial score (nSPS) is 12.5. The molecule has 0 bridgehead atoms. The molecule has 2 N–H and O–H groups in total. The zero-order valence-electron chi connectivity index (χ0n) is 11.9. The van der Waals surface area contributed by atoms with E-state index in [4.69, 9.17) is 5.11 Å².